The number of ketones is 1. The number of carbonyl (C=O) groups excluding carboxylic acids is 2. The van der Waals surface area contributed by atoms with Crippen LogP contribution in [0.3, 0.4) is 0 Å². The highest BCUT2D eigenvalue weighted by atomic mass is 16.5. The van der Waals surface area contributed by atoms with Crippen molar-refractivity contribution in [3.8, 4) is 0 Å². The summed E-state index contributed by atoms with van der Waals surface area (Å²) in [5, 5.41) is 36.7. The van der Waals surface area contributed by atoms with Gasteiger partial charge in [0.25, 0.3) is 0 Å². The minimum absolute atomic E-state index is 0.209. The molecule has 0 aliphatic heterocycles. The van der Waals surface area contributed by atoms with Crippen LogP contribution in [0.4, 0.5) is 0 Å². The lowest BCUT2D eigenvalue weighted by molar-refractivity contribution is -0.155. The van der Waals surface area contributed by atoms with E-state index in [0.717, 1.165) is 19.3 Å². The Morgan fingerprint density at radius 2 is 1.40 bits per heavy atom. The Morgan fingerprint density at radius 3 is 1.92 bits per heavy atom. The van der Waals surface area contributed by atoms with Crippen molar-refractivity contribution in [3.63, 3.8) is 0 Å². The van der Waals surface area contributed by atoms with E-state index in [-0.39, 0.29) is 6.42 Å². The molecule has 0 aromatic carbocycles. The highest BCUT2D eigenvalue weighted by molar-refractivity contribution is 5.86. The van der Waals surface area contributed by atoms with E-state index in [2.05, 4.69) is 6.92 Å². The van der Waals surface area contributed by atoms with Crippen LogP contribution in [-0.4, -0.2) is 63.7 Å². The van der Waals surface area contributed by atoms with Gasteiger partial charge in [-0.3, -0.25) is 9.59 Å². The van der Waals surface area contributed by atoms with Gasteiger partial charge in [-0.25, -0.2) is 0 Å². The van der Waals surface area contributed by atoms with Crippen LogP contribution < -0.4 is 0 Å². The topological polar surface area (TPSA) is 124 Å². The minimum atomic E-state index is -1.90. The van der Waals surface area contributed by atoms with E-state index >= 15 is 0 Å². The number of hydrogen-bond donors (Lipinski definition) is 4. The molecule has 3 atom stereocenters. The SMILES string of the molecule is CCCCCCCCCCCC(=O)OCC(=O)[C@@H](O)[C@H](O)[C@@H](O)CO. The average molecular weight is 362 g/mol. The number of esters is 1. The summed E-state index contributed by atoms with van der Waals surface area (Å²) in [6.07, 6.45) is 5.02. The number of ether oxygens (including phenoxy) is 1. The first kappa shape index (κ1) is 24.0. The second-order valence-corrected chi connectivity index (χ2v) is 6.39. The van der Waals surface area contributed by atoms with Gasteiger partial charge in [0, 0.05) is 6.42 Å². The van der Waals surface area contributed by atoms with E-state index < -0.39 is 43.3 Å². The van der Waals surface area contributed by atoms with Gasteiger partial charge in [-0.1, -0.05) is 58.3 Å². The van der Waals surface area contributed by atoms with Crippen molar-refractivity contribution in [3.05, 3.63) is 0 Å². The largest absolute Gasteiger partial charge is 0.458 e. The van der Waals surface area contributed by atoms with Crippen LogP contribution in [-0.2, 0) is 14.3 Å². The molecular formula is C18H34O7. The summed E-state index contributed by atoms with van der Waals surface area (Å²) in [6.45, 7) is 0.741. The lowest BCUT2D eigenvalue weighted by Gasteiger charge is -2.20. The molecular weight excluding hydrogens is 328 g/mol. The number of carbonyl (C=O) groups is 2. The van der Waals surface area contributed by atoms with Crippen LogP contribution >= 0.6 is 0 Å². The number of rotatable bonds is 16. The molecule has 0 aromatic rings. The van der Waals surface area contributed by atoms with Gasteiger partial charge in [0.2, 0.25) is 5.78 Å². The summed E-state index contributed by atoms with van der Waals surface area (Å²) in [6, 6.07) is 0. The lowest BCUT2D eigenvalue weighted by Crippen LogP contribution is -2.45. The van der Waals surface area contributed by atoms with Crippen LogP contribution in [0.2, 0.25) is 0 Å². The van der Waals surface area contributed by atoms with Crippen molar-refractivity contribution in [1.82, 2.24) is 0 Å². The Bertz CT molecular complexity index is 359. The van der Waals surface area contributed by atoms with Gasteiger partial charge in [-0.2, -0.15) is 0 Å². The molecule has 4 N–H and O–H groups in total. The standard InChI is InChI=1S/C18H34O7/c1-2-3-4-5-6-7-8-9-10-11-16(22)25-13-15(21)18(24)17(23)14(20)12-19/h14,17-20,23-24H,2-13H2,1H3/t14-,17+,18+/m0/s1. The Balaban J connectivity index is 3.68. The quantitative estimate of drug-likeness (QED) is 0.239. The van der Waals surface area contributed by atoms with Crippen molar-refractivity contribution in [1.29, 1.82) is 0 Å². The smallest absolute Gasteiger partial charge is 0.306 e. The fourth-order valence-electron chi connectivity index (χ4n) is 2.40. The van der Waals surface area contributed by atoms with E-state index in [0.29, 0.717) is 6.42 Å². The zero-order valence-electron chi connectivity index (χ0n) is 15.2. The van der Waals surface area contributed by atoms with Crippen LogP contribution in [0.5, 0.6) is 0 Å². The third kappa shape index (κ3) is 12.0. The van der Waals surface area contributed by atoms with Gasteiger partial charge < -0.3 is 25.2 Å². The molecule has 0 saturated heterocycles. The first-order chi connectivity index (χ1) is 11.9. The van der Waals surface area contributed by atoms with Gasteiger partial charge in [0.1, 0.15) is 18.3 Å². The maximum absolute atomic E-state index is 11.6. The first-order valence-electron chi connectivity index (χ1n) is 9.27. The monoisotopic (exact) mass is 362 g/mol. The molecule has 0 saturated carbocycles. The summed E-state index contributed by atoms with van der Waals surface area (Å²) in [5.74, 6) is -1.44. The van der Waals surface area contributed by atoms with Crippen molar-refractivity contribution in [2.75, 3.05) is 13.2 Å². The third-order valence-electron chi connectivity index (χ3n) is 4.09. The van der Waals surface area contributed by atoms with E-state index in [1.54, 1.807) is 0 Å². The molecule has 0 spiro atoms. The molecule has 0 radical (unpaired) electrons. The molecule has 7 heteroatoms. The Kier molecular flexibility index (Phi) is 14.6. The summed E-state index contributed by atoms with van der Waals surface area (Å²) < 4.78 is 4.76. The third-order valence-corrected chi connectivity index (χ3v) is 4.09. The normalized spacial score (nSPS) is 14.8. The second-order valence-electron chi connectivity index (χ2n) is 6.39. The lowest BCUT2D eigenvalue weighted by atomic mass is 10.1. The molecule has 0 rings (SSSR count). The Labute approximate surface area is 150 Å². The second kappa shape index (κ2) is 15.3. The Morgan fingerprint density at radius 1 is 0.880 bits per heavy atom. The van der Waals surface area contributed by atoms with E-state index in [4.69, 9.17) is 14.9 Å². The van der Waals surface area contributed by atoms with Crippen LogP contribution in [0.1, 0.15) is 71.1 Å². The highest BCUT2D eigenvalue weighted by Crippen LogP contribution is 2.11. The number of Topliss-reactive ketones (excluding diaryl/α,β-unsaturated/α-hetero) is 1. The molecule has 148 valence electrons. The van der Waals surface area contributed by atoms with Gasteiger partial charge in [-0.05, 0) is 6.42 Å². The van der Waals surface area contributed by atoms with E-state index in [9.17, 15) is 19.8 Å². The predicted molar refractivity (Wildman–Crippen MR) is 92.9 cm³/mol. The van der Waals surface area contributed by atoms with Crippen molar-refractivity contribution in [2.24, 2.45) is 0 Å². The fourth-order valence-corrected chi connectivity index (χ4v) is 2.40. The van der Waals surface area contributed by atoms with Crippen LogP contribution in [0.25, 0.3) is 0 Å². The summed E-state index contributed by atoms with van der Waals surface area (Å²) in [4.78, 5) is 23.1. The molecule has 0 heterocycles. The molecule has 0 bridgehead atoms. The Hall–Kier alpha value is -1.02. The zero-order valence-corrected chi connectivity index (χ0v) is 15.2. The van der Waals surface area contributed by atoms with Crippen molar-refractivity contribution >= 4 is 11.8 Å². The summed E-state index contributed by atoms with van der Waals surface area (Å²) >= 11 is 0. The van der Waals surface area contributed by atoms with Crippen molar-refractivity contribution < 1.29 is 34.8 Å². The maximum atomic E-state index is 11.6. The number of unbranched alkanes of at least 4 members (excludes halogenated alkanes) is 8. The molecule has 0 aromatic heterocycles. The molecule has 0 aliphatic carbocycles. The summed E-state index contributed by atoms with van der Waals surface area (Å²) in [7, 11) is 0. The molecule has 0 fully saturated rings. The van der Waals surface area contributed by atoms with Gasteiger partial charge in [0.15, 0.2) is 6.61 Å². The number of aliphatic hydroxyl groups excluding tert-OH is 4. The van der Waals surface area contributed by atoms with E-state index in [1.807, 2.05) is 0 Å². The zero-order chi connectivity index (χ0) is 19.1. The maximum Gasteiger partial charge on any atom is 0.306 e. The molecule has 7 nitrogen and oxygen atoms in total. The average Bonchev–Trinajstić information content (AvgIpc) is 2.62. The van der Waals surface area contributed by atoms with Gasteiger partial charge >= 0.3 is 5.97 Å². The van der Waals surface area contributed by atoms with Crippen LogP contribution in [0, 0.1) is 0 Å². The van der Waals surface area contributed by atoms with Gasteiger partial charge in [-0.15, -0.1) is 0 Å². The van der Waals surface area contributed by atoms with Crippen LogP contribution in [0.15, 0.2) is 0 Å². The highest BCUT2D eigenvalue weighted by Gasteiger charge is 2.30. The number of hydrogen-bond acceptors (Lipinski definition) is 7. The predicted octanol–water partition coefficient (Wildman–Crippen LogP) is 1.09. The molecule has 0 amide bonds. The number of aliphatic hydroxyl groups is 4. The van der Waals surface area contributed by atoms with Crippen molar-refractivity contribution in [2.45, 2.75) is 89.4 Å². The van der Waals surface area contributed by atoms with E-state index in [1.165, 1.54) is 32.1 Å². The molecule has 0 unspecified atom stereocenters. The molecule has 25 heavy (non-hydrogen) atoms. The first-order valence-corrected chi connectivity index (χ1v) is 9.27. The fraction of sp³-hybridized carbons (Fsp3) is 0.889. The minimum Gasteiger partial charge on any atom is -0.458 e. The van der Waals surface area contributed by atoms with Gasteiger partial charge in [0.05, 0.1) is 6.61 Å². The summed E-state index contributed by atoms with van der Waals surface area (Å²) in [5.41, 5.74) is 0. The molecule has 0 aliphatic rings.